The number of carbonyl (C=O) groups excluding carboxylic acids is 2. The molecule has 0 saturated carbocycles. The molecule has 26 heavy (non-hydrogen) atoms. The van der Waals surface area contributed by atoms with Crippen molar-refractivity contribution in [3.8, 4) is 0 Å². The van der Waals surface area contributed by atoms with Gasteiger partial charge in [-0.05, 0) is 42.3 Å². The van der Waals surface area contributed by atoms with E-state index in [1.54, 1.807) is 24.4 Å². The molecule has 130 valence electrons. The number of para-hydroxylation sites is 1. The van der Waals surface area contributed by atoms with E-state index in [0.29, 0.717) is 23.4 Å². The third-order valence-electron chi connectivity index (χ3n) is 4.02. The highest BCUT2D eigenvalue weighted by Gasteiger charge is 2.11. The number of aromatic nitrogens is 1. The maximum absolute atomic E-state index is 12.4. The minimum Gasteiger partial charge on any atom is -0.348 e. The number of amides is 2. The van der Waals surface area contributed by atoms with Crippen molar-refractivity contribution in [3.63, 3.8) is 0 Å². The highest BCUT2D eigenvalue weighted by atomic mass is 16.2. The molecule has 2 aromatic carbocycles. The second kappa shape index (κ2) is 8.07. The van der Waals surface area contributed by atoms with Crippen LogP contribution in [0, 0.1) is 6.92 Å². The molecule has 3 aromatic rings. The van der Waals surface area contributed by atoms with Crippen LogP contribution in [0.4, 0.5) is 5.69 Å². The molecule has 0 saturated heterocycles. The first kappa shape index (κ1) is 17.4. The Bertz CT molecular complexity index is 923. The molecule has 0 radical (unpaired) electrons. The van der Waals surface area contributed by atoms with Crippen LogP contribution in [0.2, 0.25) is 0 Å². The van der Waals surface area contributed by atoms with Crippen LogP contribution in [0.25, 0.3) is 0 Å². The number of anilines is 1. The SMILES string of the molecule is Cc1ccccc1C(=O)NCc1ccccc1NC(=O)c1cccnc1. The molecular weight excluding hydrogens is 326 g/mol. The fourth-order valence-corrected chi connectivity index (χ4v) is 2.59. The first-order chi connectivity index (χ1) is 12.6. The van der Waals surface area contributed by atoms with E-state index in [9.17, 15) is 9.59 Å². The summed E-state index contributed by atoms with van der Waals surface area (Å²) in [6, 6.07) is 18.2. The van der Waals surface area contributed by atoms with Crippen LogP contribution in [0.1, 0.15) is 31.8 Å². The zero-order valence-corrected chi connectivity index (χ0v) is 14.4. The van der Waals surface area contributed by atoms with E-state index in [0.717, 1.165) is 11.1 Å². The summed E-state index contributed by atoms with van der Waals surface area (Å²) in [5.41, 5.74) is 3.52. The van der Waals surface area contributed by atoms with E-state index in [1.165, 1.54) is 6.20 Å². The molecule has 2 N–H and O–H groups in total. The Kier molecular flexibility index (Phi) is 5.39. The molecule has 0 unspecified atom stereocenters. The van der Waals surface area contributed by atoms with E-state index >= 15 is 0 Å². The quantitative estimate of drug-likeness (QED) is 0.742. The fourth-order valence-electron chi connectivity index (χ4n) is 2.59. The van der Waals surface area contributed by atoms with E-state index in [-0.39, 0.29) is 11.8 Å². The number of hydrogen-bond donors (Lipinski definition) is 2. The number of nitrogens with one attached hydrogen (secondary N) is 2. The fraction of sp³-hybridized carbons (Fsp3) is 0.0952. The predicted molar refractivity (Wildman–Crippen MR) is 101 cm³/mol. The minimum atomic E-state index is -0.240. The van der Waals surface area contributed by atoms with Crippen LogP contribution in [-0.2, 0) is 6.54 Å². The van der Waals surface area contributed by atoms with Crippen LogP contribution in [0.15, 0.2) is 73.1 Å². The molecule has 0 atom stereocenters. The zero-order valence-electron chi connectivity index (χ0n) is 14.4. The molecule has 0 aliphatic carbocycles. The van der Waals surface area contributed by atoms with Crippen molar-refractivity contribution < 1.29 is 9.59 Å². The van der Waals surface area contributed by atoms with Gasteiger partial charge < -0.3 is 10.6 Å². The smallest absolute Gasteiger partial charge is 0.257 e. The summed E-state index contributed by atoms with van der Waals surface area (Å²) >= 11 is 0. The van der Waals surface area contributed by atoms with Gasteiger partial charge in [0.2, 0.25) is 0 Å². The standard InChI is InChI=1S/C21H19N3O2/c1-15-7-2-4-10-18(15)21(26)23-14-16-8-3-5-11-19(16)24-20(25)17-9-6-12-22-13-17/h2-13H,14H2,1H3,(H,23,26)(H,24,25). The Balaban J connectivity index is 1.71. The number of aryl methyl sites for hydroxylation is 1. The van der Waals surface area contributed by atoms with E-state index in [1.807, 2.05) is 49.4 Å². The monoisotopic (exact) mass is 345 g/mol. The van der Waals surface area contributed by atoms with Gasteiger partial charge in [-0.25, -0.2) is 0 Å². The van der Waals surface area contributed by atoms with Gasteiger partial charge in [-0.15, -0.1) is 0 Å². The number of rotatable bonds is 5. The Hall–Kier alpha value is -3.47. The summed E-state index contributed by atoms with van der Waals surface area (Å²) in [4.78, 5) is 28.7. The Labute approximate surface area is 152 Å². The van der Waals surface area contributed by atoms with Crippen LogP contribution >= 0.6 is 0 Å². The molecule has 1 aromatic heterocycles. The molecule has 5 heteroatoms. The number of carbonyl (C=O) groups is 2. The lowest BCUT2D eigenvalue weighted by Crippen LogP contribution is -2.24. The Morgan fingerprint density at radius 3 is 2.46 bits per heavy atom. The molecular formula is C21H19N3O2. The second-order valence-electron chi connectivity index (χ2n) is 5.85. The molecule has 0 bridgehead atoms. The van der Waals surface area contributed by atoms with Crippen molar-refractivity contribution in [1.82, 2.24) is 10.3 Å². The van der Waals surface area contributed by atoms with Gasteiger partial charge in [0.25, 0.3) is 11.8 Å². The van der Waals surface area contributed by atoms with E-state index in [4.69, 9.17) is 0 Å². The first-order valence-corrected chi connectivity index (χ1v) is 8.28. The maximum Gasteiger partial charge on any atom is 0.257 e. The van der Waals surface area contributed by atoms with E-state index < -0.39 is 0 Å². The summed E-state index contributed by atoms with van der Waals surface area (Å²) in [7, 11) is 0. The number of hydrogen-bond acceptors (Lipinski definition) is 3. The number of pyridine rings is 1. The minimum absolute atomic E-state index is 0.142. The average molecular weight is 345 g/mol. The first-order valence-electron chi connectivity index (χ1n) is 8.28. The van der Waals surface area contributed by atoms with Crippen LogP contribution in [0.5, 0.6) is 0 Å². The molecule has 2 amide bonds. The zero-order chi connectivity index (χ0) is 18.4. The molecule has 5 nitrogen and oxygen atoms in total. The third-order valence-corrected chi connectivity index (χ3v) is 4.02. The molecule has 0 aliphatic rings. The van der Waals surface area contributed by atoms with Crippen molar-refractivity contribution in [2.45, 2.75) is 13.5 Å². The average Bonchev–Trinajstić information content (AvgIpc) is 2.68. The van der Waals surface area contributed by atoms with Crippen molar-refractivity contribution in [2.75, 3.05) is 5.32 Å². The number of nitrogens with zero attached hydrogens (tertiary/aromatic N) is 1. The summed E-state index contributed by atoms with van der Waals surface area (Å²) in [5, 5.41) is 5.78. The summed E-state index contributed by atoms with van der Waals surface area (Å²) in [5.74, 6) is -0.382. The Morgan fingerprint density at radius 2 is 1.69 bits per heavy atom. The largest absolute Gasteiger partial charge is 0.348 e. The molecule has 0 fully saturated rings. The van der Waals surface area contributed by atoms with Crippen molar-refractivity contribution >= 4 is 17.5 Å². The van der Waals surface area contributed by atoms with Crippen molar-refractivity contribution in [3.05, 3.63) is 95.3 Å². The van der Waals surface area contributed by atoms with Gasteiger partial charge in [-0.3, -0.25) is 14.6 Å². The molecule has 3 rings (SSSR count). The topological polar surface area (TPSA) is 71.1 Å². The van der Waals surface area contributed by atoms with Gasteiger partial charge in [0, 0.05) is 30.2 Å². The lowest BCUT2D eigenvalue weighted by atomic mass is 10.1. The molecule has 1 heterocycles. The van der Waals surface area contributed by atoms with Crippen LogP contribution in [-0.4, -0.2) is 16.8 Å². The van der Waals surface area contributed by atoms with Gasteiger partial charge >= 0.3 is 0 Å². The number of benzene rings is 2. The van der Waals surface area contributed by atoms with Gasteiger partial charge in [0.05, 0.1) is 5.56 Å². The summed E-state index contributed by atoms with van der Waals surface area (Å²) in [6.07, 6.45) is 3.13. The summed E-state index contributed by atoms with van der Waals surface area (Å²) in [6.45, 7) is 2.22. The Morgan fingerprint density at radius 1 is 0.923 bits per heavy atom. The van der Waals surface area contributed by atoms with Crippen LogP contribution < -0.4 is 10.6 Å². The van der Waals surface area contributed by atoms with Crippen molar-refractivity contribution in [2.24, 2.45) is 0 Å². The van der Waals surface area contributed by atoms with Gasteiger partial charge in [0.1, 0.15) is 0 Å². The lowest BCUT2D eigenvalue weighted by molar-refractivity contribution is 0.0950. The van der Waals surface area contributed by atoms with Gasteiger partial charge in [0.15, 0.2) is 0 Å². The normalized spacial score (nSPS) is 10.2. The highest BCUT2D eigenvalue weighted by molar-refractivity contribution is 6.04. The van der Waals surface area contributed by atoms with Crippen LogP contribution in [0.3, 0.4) is 0 Å². The third kappa shape index (κ3) is 4.13. The molecule has 0 spiro atoms. The summed E-state index contributed by atoms with van der Waals surface area (Å²) < 4.78 is 0. The second-order valence-corrected chi connectivity index (χ2v) is 5.85. The van der Waals surface area contributed by atoms with Crippen molar-refractivity contribution in [1.29, 1.82) is 0 Å². The molecule has 0 aliphatic heterocycles. The van der Waals surface area contributed by atoms with Gasteiger partial charge in [-0.1, -0.05) is 36.4 Å². The predicted octanol–water partition coefficient (Wildman–Crippen LogP) is 3.57. The lowest BCUT2D eigenvalue weighted by Gasteiger charge is -2.12. The van der Waals surface area contributed by atoms with E-state index in [2.05, 4.69) is 15.6 Å². The van der Waals surface area contributed by atoms with Gasteiger partial charge in [-0.2, -0.15) is 0 Å². The highest BCUT2D eigenvalue weighted by Crippen LogP contribution is 2.16. The maximum atomic E-state index is 12.4.